The number of carbonyl (C=O) groups excluding carboxylic acids is 1. The number of nitrogens with zero attached hydrogens (tertiary/aromatic N) is 1. The van der Waals surface area contributed by atoms with Crippen LogP contribution in [0, 0.1) is 5.82 Å². The maximum absolute atomic E-state index is 13.0. The van der Waals surface area contributed by atoms with Gasteiger partial charge in [-0.3, -0.25) is 4.79 Å². The van der Waals surface area contributed by atoms with Gasteiger partial charge in [0.15, 0.2) is 0 Å². The molecule has 0 saturated carbocycles. The van der Waals surface area contributed by atoms with E-state index in [0.717, 1.165) is 0 Å². The minimum atomic E-state index is -0.385. The van der Waals surface area contributed by atoms with Gasteiger partial charge in [0.2, 0.25) is 0 Å². The number of rotatable bonds is 3. The van der Waals surface area contributed by atoms with Crippen molar-refractivity contribution in [2.24, 2.45) is 0 Å². The molecule has 1 aromatic carbocycles. The van der Waals surface area contributed by atoms with Crippen molar-refractivity contribution in [1.29, 1.82) is 0 Å². The summed E-state index contributed by atoms with van der Waals surface area (Å²) in [7, 11) is 0. The van der Waals surface area contributed by atoms with Gasteiger partial charge in [0.25, 0.3) is 5.91 Å². The Morgan fingerprint density at radius 2 is 2.17 bits per heavy atom. The van der Waals surface area contributed by atoms with Crippen LogP contribution in [0.1, 0.15) is 10.4 Å². The topological polar surface area (TPSA) is 42.0 Å². The van der Waals surface area contributed by atoms with E-state index in [4.69, 9.17) is 0 Å². The number of amides is 1. The number of pyridine rings is 1. The highest BCUT2D eigenvalue weighted by Crippen LogP contribution is 2.18. The summed E-state index contributed by atoms with van der Waals surface area (Å²) in [6.45, 7) is 0. The predicted octanol–water partition coefficient (Wildman–Crippen LogP) is 3.19. The molecule has 0 aliphatic rings. The number of benzene rings is 1. The molecule has 0 atom stereocenters. The zero-order valence-corrected chi connectivity index (χ0v) is 10.5. The summed E-state index contributed by atoms with van der Waals surface area (Å²) in [4.78, 5) is 16.1. The summed E-state index contributed by atoms with van der Waals surface area (Å²) in [6, 6.07) is 9.16. The SMILES string of the molecule is CSc1ncccc1C(=O)Nc1cccc(F)c1. The molecule has 1 amide bonds. The molecular weight excluding hydrogens is 251 g/mol. The Kier molecular flexibility index (Phi) is 3.94. The number of nitrogens with one attached hydrogen (secondary N) is 1. The molecule has 0 saturated heterocycles. The van der Waals surface area contributed by atoms with Crippen LogP contribution in [0.25, 0.3) is 0 Å². The molecule has 0 bridgehead atoms. The van der Waals surface area contributed by atoms with Gasteiger partial charge in [0, 0.05) is 11.9 Å². The molecule has 0 spiro atoms. The third-order valence-corrected chi connectivity index (χ3v) is 3.00. The zero-order chi connectivity index (χ0) is 13.0. The lowest BCUT2D eigenvalue weighted by atomic mass is 10.2. The maximum atomic E-state index is 13.0. The number of halogens is 1. The minimum absolute atomic E-state index is 0.293. The highest BCUT2D eigenvalue weighted by molar-refractivity contribution is 7.98. The fraction of sp³-hybridized carbons (Fsp3) is 0.0769. The summed E-state index contributed by atoms with van der Waals surface area (Å²) < 4.78 is 13.0. The second kappa shape index (κ2) is 5.64. The van der Waals surface area contributed by atoms with Crippen molar-refractivity contribution in [3.05, 3.63) is 54.0 Å². The molecule has 18 heavy (non-hydrogen) atoms. The average Bonchev–Trinajstić information content (AvgIpc) is 2.38. The molecule has 0 fully saturated rings. The second-order valence-corrected chi connectivity index (χ2v) is 4.32. The van der Waals surface area contributed by atoms with Crippen LogP contribution >= 0.6 is 11.8 Å². The Labute approximate surface area is 108 Å². The smallest absolute Gasteiger partial charge is 0.258 e. The summed E-state index contributed by atoms with van der Waals surface area (Å²) in [5.74, 6) is -0.679. The molecule has 2 aromatic rings. The Hall–Kier alpha value is -1.88. The van der Waals surface area contributed by atoms with Crippen LogP contribution in [0.2, 0.25) is 0 Å². The van der Waals surface area contributed by atoms with E-state index >= 15 is 0 Å². The molecule has 0 aliphatic heterocycles. The first-order chi connectivity index (χ1) is 8.70. The van der Waals surface area contributed by atoms with Gasteiger partial charge in [0.1, 0.15) is 10.8 Å². The average molecular weight is 262 g/mol. The Morgan fingerprint density at radius 1 is 1.33 bits per heavy atom. The molecule has 2 rings (SSSR count). The van der Waals surface area contributed by atoms with Crippen LogP contribution in [0.4, 0.5) is 10.1 Å². The van der Waals surface area contributed by atoms with Crippen LogP contribution in [-0.2, 0) is 0 Å². The fourth-order valence-corrected chi connectivity index (χ4v) is 2.04. The lowest BCUT2D eigenvalue weighted by molar-refractivity contribution is 0.102. The number of thioether (sulfide) groups is 1. The van der Waals surface area contributed by atoms with Gasteiger partial charge >= 0.3 is 0 Å². The Morgan fingerprint density at radius 3 is 2.89 bits per heavy atom. The third-order valence-electron chi connectivity index (χ3n) is 2.29. The van der Waals surface area contributed by atoms with E-state index in [9.17, 15) is 9.18 Å². The monoisotopic (exact) mass is 262 g/mol. The highest BCUT2D eigenvalue weighted by atomic mass is 32.2. The standard InChI is InChI=1S/C13H11FN2OS/c1-18-13-11(6-3-7-15-13)12(17)16-10-5-2-4-9(14)8-10/h2-8H,1H3,(H,16,17). The first-order valence-corrected chi connectivity index (χ1v) is 6.49. The van der Waals surface area contributed by atoms with Crippen molar-refractivity contribution >= 4 is 23.4 Å². The van der Waals surface area contributed by atoms with Gasteiger partial charge in [-0.25, -0.2) is 9.37 Å². The van der Waals surface area contributed by atoms with Crippen molar-refractivity contribution in [2.75, 3.05) is 11.6 Å². The molecule has 0 aliphatic carbocycles. The minimum Gasteiger partial charge on any atom is -0.322 e. The first kappa shape index (κ1) is 12.6. The van der Waals surface area contributed by atoms with Crippen molar-refractivity contribution in [2.45, 2.75) is 5.03 Å². The van der Waals surface area contributed by atoms with Crippen LogP contribution in [0.3, 0.4) is 0 Å². The van der Waals surface area contributed by atoms with Crippen LogP contribution in [0.5, 0.6) is 0 Å². The summed E-state index contributed by atoms with van der Waals surface area (Å²) in [5, 5.41) is 3.29. The highest BCUT2D eigenvalue weighted by Gasteiger charge is 2.11. The van der Waals surface area contributed by atoms with Gasteiger partial charge in [-0.15, -0.1) is 11.8 Å². The maximum Gasteiger partial charge on any atom is 0.258 e. The first-order valence-electron chi connectivity index (χ1n) is 5.26. The number of hydrogen-bond acceptors (Lipinski definition) is 3. The van der Waals surface area contributed by atoms with Crippen molar-refractivity contribution < 1.29 is 9.18 Å². The second-order valence-electron chi connectivity index (χ2n) is 3.52. The summed E-state index contributed by atoms with van der Waals surface area (Å²) >= 11 is 1.39. The van der Waals surface area contributed by atoms with Gasteiger partial charge in [0.05, 0.1) is 5.56 Å². The van der Waals surface area contributed by atoms with Crippen LogP contribution in [-0.4, -0.2) is 17.1 Å². The van der Waals surface area contributed by atoms with Crippen molar-refractivity contribution in [3.63, 3.8) is 0 Å². The van der Waals surface area contributed by atoms with Crippen molar-refractivity contribution in [1.82, 2.24) is 4.98 Å². The number of hydrogen-bond donors (Lipinski definition) is 1. The number of anilines is 1. The predicted molar refractivity (Wildman–Crippen MR) is 70.4 cm³/mol. The molecular formula is C13H11FN2OS. The molecule has 3 nitrogen and oxygen atoms in total. The molecule has 92 valence electrons. The third kappa shape index (κ3) is 2.87. The zero-order valence-electron chi connectivity index (χ0n) is 9.68. The lowest BCUT2D eigenvalue weighted by Crippen LogP contribution is -2.13. The molecule has 1 heterocycles. The van der Waals surface area contributed by atoms with E-state index in [0.29, 0.717) is 16.3 Å². The molecule has 5 heteroatoms. The van der Waals surface area contributed by atoms with E-state index < -0.39 is 0 Å². The van der Waals surface area contributed by atoms with E-state index in [1.54, 1.807) is 30.5 Å². The quantitative estimate of drug-likeness (QED) is 0.864. The van der Waals surface area contributed by atoms with Gasteiger partial charge in [-0.2, -0.15) is 0 Å². The summed E-state index contributed by atoms with van der Waals surface area (Å²) in [5.41, 5.74) is 0.908. The van der Waals surface area contributed by atoms with E-state index in [1.165, 1.54) is 23.9 Å². The van der Waals surface area contributed by atoms with Gasteiger partial charge in [-0.1, -0.05) is 6.07 Å². The van der Waals surface area contributed by atoms with Crippen molar-refractivity contribution in [3.8, 4) is 0 Å². The van der Waals surface area contributed by atoms with Gasteiger partial charge < -0.3 is 5.32 Å². The fourth-order valence-electron chi connectivity index (χ4n) is 1.49. The number of carbonyl (C=O) groups is 1. The van der Waals surface area contributed by atoms with Crippen LogP contribution < -0.4 is 5.32 Å². The van der Waals surface area contributed by atoms with E-state index in [2.05, 4.69) is 10.3 Å². The van der Waals surface area contributed by atoms with E-state index in [-0.39, 0.29) is 11.7 Å². The molecule has 1 aromatic heterocycles. The largest absolute Gasteiger partial charge is 0.322 e. The molecule has 0 unspecified atom stereocenters. The molecule has 1 N–H and O–H groups in total. The van der Waals surface area contributed by atoms with Gasteiger partial charge in [-0.05, 0) is 36.6 Å². The summed E-state index contributed by atoms with van der Waals surface area (Å²) in [6.07, 6.45) is 3.48. The Bertz CT molecular complexity index is 574. The number of aromatic nitrogens is 1. The lowest BCUT2D eigenvalue weighted by Gasteiger charge is -2.07. The normalized spacial score (nSPS) is 10.1. The molecule has 0 radical (unpaired) electrons. The van der Waals surface area contributed by atoms with E-state index in [1.807, 2.05) is 6.26 Å². The van der Waals surface area contributed by atoms with Crippen LogP contribution in [0.15, 0.2) is 47.6 Å². The Balaban J connectivity index is 2.22.